The Morgan fingerprint density at radius 1 is 0.944 bits per heavy atom. The predicted octanol–water partition coefficient (Wildman–Crippen LogP) is 6.76. The molecule has 1 atom stereocenters. The van der Waals surface area contributed by atoms with Gasteiger partial charge in [0, 0.05) is 22.5 Å². The SMILES string of the molecule is Cc1nn(-c2ccccc2)c2c1CN(C(=O)Nc1ccccc1)C(c1cccc(Cl)c1)c1cccn1-2. The van der Waals surface area contributed by atoms with Crippen molar-refractivity contribution in [2.45, 2.75) is 19.5 Å². The van der Waals surface area contributed by atoms with E-state index in [1.807, 2.05) is 114 Å². The Morgan fingerprint density at radius 2 is 1.69 bits per heavy atom. The second kappa shape index (κ2) is 9.06. The van der Waals surface area contributed by atoms with E-state index in [2.05, 4.69) is 16.0 Å². The first kappa shape index (κ1) is 22.2. The highest BCUT2D eigenvalue weighted by molar-refractivity contribution is 6.30. The number of nitrogens with zero attached hydrogens (tertiary/aromatic N) is 4. The van der Waals surface area contributed by atoms with E-state index in [1.54, 1.807) is 0 Å². The van der Waals surface area contributed by atoms with Crippen molar-refractivity contribution in [3.63, 3.8) is 0 Å². The van der Waals surface area contributed by atoms with Gasteiger partial charge in [-0.3, -0.25) is 0 Å². The van der Waals surface area contributed by atoms with E-state index < -0.39 is 0 Å². The summed E-state index contributed by atoms with van der Waals surface area (Å²) in [6.07, 6.45) is 2.03. The quantitative estimate of drug-likeness (QED) is 0.302. The second-order valence-corrected chi connectivity index (χ2v) is 9.26. The zero-order valence-electron chi connectivity index (χ0n) is 19.7. The zero-order valence-corrected chi connectivity index (χ0v) is 20.4. The molecule has 0 saturated heterocycles. The summed E-state index contributed by atoms with van der Waals surface area (Å²) in [6, 6.07) is 30.8. The molecule has 0 bridgehead atoms. The number of hydrogen-bond donors (Lipinski definition) is 1. The lowest BCUT2D eigenvalue weighted by atomic mass is 10.0. The fourth-order valence-corrected chi connectivity index (χ4v) is 5.09. The van der Waals surface area contributed by atoms with Crippen molar-refractivity contribution in [1.29, 1.82) is 0 Å². The van der Waals surface area contributed by atoms with Crippen LogP contribution in [0.5, 0.6) is 0 Å². The molecular formula is C29H24ClN5O. The fraction of sp³-hybridized carbons (Fsp3) is 0.103. The topological polar surface area (TPSA) is 55.1 Å². The largest absolute Gasteiger partial charge is 0.322 e. The molecule has 178 valence electrons. The molecule has 0 spiro atoms. The Labute approximate surface area is 214 Å². The minimum atomic E-state index is -0.363. The molecule has 7 heteroatoms. The minimum Gasteiger partial charge on any atom is -0.308 e. The first-order valence-corrected chi connectivity index (χ1v) is 12.2. The number of rotatable bonds is 3. The first-order valence-electron chi connectivity index (χ1n) is 11.8. The van der Waals surface area contributed by atoms with Gasteiger partial charge < -0.3 is 14.8 Å². The lowest BCUT2D eigenvalue weighted by molar-refractivity contribution is 0.194. The molecule has 0 saturated carbocycles. The van der Waals surface area contributed by atoms with E-state index in [0.717, 1.165) is 39.7 Å². The molecule has 1 N–H and O–H groups in total. The second-order valence-electron chi connectivity index (χ2n) is 8.82. The van der Waals surface area contributed by atoms with Crippen molar-refractivity contribution >= 4 is 23.3 Å². The van der Waals surface area contributed by atoms with Gasteiger partial charge in [-0.2, -0.15) is 5.10 Å². The Kier molecular flexibility index (Phi) is 5.58. The number of urea groups is 1. The van der Waals surface area contributed by atoms with Crippen LogP contribution in [-0.4, -0.2) is 25.3 Å². The minimum absolute atomic E-state index is 0.196. The molecule has 1 aliphatic heterocycles. The van der Waals surface area contributed by atoms with E-state index in [0.29, 0.717) is 11.6 Å². The van der Waals surface area contributed by atoms with Crippen LogP contribution in [0.2, 0.25) is 5.02 Å². The van der Waals surface area contributed by atoms with Gasteiger partial charge in [0.2, 0.25) is 0 Å². The molecule has 2 aromatic heterocycles. The van der Waals surface area contributed by atoms with E-state index >= 15 is 0 Å². The number of carbonyl (C=O) groups excluding carboxylic acids is 1. The van der Waals surface area contributed by atoms with E-state index in [-0.39, 0.29) is 12.1 Å². The molecule has 6 nitrogen and oxygen atoms in total. The highest BCUT2D eigenvalue weighted by Crippen LogP contribution is 2.39. The summed E-state index contributed by atoms with van der Waals surface area (Å²) in [5.41, 5.74) is 5.46. The Morgan fingerprint density at radius 3 is 2.44 bits per heavy atom. The van der Waals surface area contributed by atoms with Crippen LogP contribution in [0.4, 0.5) is 10.5 Å². The van der Waals surface area contributed by atoms with Crippen LogP contribution < -0.4 is 5.32 Å². The number of hydrogen-bond acceptors (Lipinski definition) is 2. The average Bonchev–Trinajstić information content (AvgIpc) is 3.45. The van der Waals surface area contributed by atoms with Gasteiger partial charge in [0.05, 0.1) is 29.7 Å². The van der Waals surface area contributed by atoms with Crippen LogP contribution in [-0.2, 0) is 6.54 Å². The van der Waals surface area contributed by atoms with Gasteiger partial charge in [0.1, 0.15) is 5.82 Å². The molecule has 1 unspecified atom stereocenters. The number of anilines is 1. The van der Waals surface area contributed by atoms with Crippen LogP contribution >= 0.6 is 11.6 Å². The number of fused-ring (bicyclic) bond motifs is 3. The van der Waals surface area contributed by atoms with Crippen LogP contribution in [0.25, 0.3) is 11.5 Å². The van der Waals surface area contributed by atoms with Crippen LogP contribution in [0.15, 0.2) is 103 Å². The molecule has 0 radical (unpaired) electrons. The van der Waals surface area contributed by atoms with Crippen molar-refractivity contribution in [2.75, 3.05) is 5.32 Å². The highest BCUT2D eigenvalue weighted by Gasteiger charge is 2.36. The number of carbonyl (C=O) groups is 1. The predicted molar refractivity (Wildman–Crippen MR) is 142 cm³/mol. The maximum atomic E-state index is 13.9. The van der Waals surface area contributed by atoms with Gasteiger partial charge in [0.15, 0.2) is 0 Å². The van der Waals surface area contributed by atoms with E-state index in [9.17, 15) is 4.79 Å². The standard InChI is InChI=1S/C29H24ClN5O/c1-20-25-19-34(29(36)31-23-12-4-2-5-13-23)27(21-10-8-11-22(30)18-21)26-16-9-17-33(26)28(25)35(32-20)24-14-6-3-7-15-24/h2-18,27H,19H2,1H3,(H,31,36). The normalized spacial score (nSPS) is 14.6. The summed E-state index contributed by atoms with van der Waals surface area (Å²) in [7, 11) is 0. The first-order chi connectivity index (χ1) is 17.6. The third-order valence-electron chi connectivity index (χ3n) is 6.54. The molecule has 0 aliphatic carbocycles. The smallest absolute Gasteiger partial charge is 0.308 e. The molecule has 5 aromatic rings. The summed E-state index contributed by atoms with van der Waals surface area (Å²) in [5, 5.41) is 8.60. The summed E-state index contributed by atoms with van der Waals surface area (Å²) in [4.78, 5) is 15.7. The van der Waals surface area contributed by atoms with Gasteiger partial charge in [-0.25, -0.2) is 9.48 Å². The molecule has 0 fully saturated rings. The Hall–Kier alpha value is -4.29. The molecule has 3 aromatic carbocycles. The fourth-order valence-electron chi connectivity index (χ4n) is 4.89. The molecule has 6 rings (SSSR count). The maximum absolute atomic E-state index is 13.9. The summed E-state index contributed by atoms with van der Waals surface area (Å²) in [6.45, 7) is 2.37. The molecular weight excluding hydrogens is 470 g/mol. The molecule has 1 aliphatic rings. The number of nitrogens with one attached hydrogen (secondary N) is 1. The third kappa shape index (κ3) is 3.85. The number of aromatic nitrogens is 3. The van der Waals surface area contributed by atoms with Gasteiger partial charge in [-0.15, -0.1) is 0 Å². The summed E-state index contributed by atoms with van der Waals surface area (Å²) >= 11 is 6.42. The van der Waals surface area contributed by atoms with E-state index in [1.165, 1.54) is 0 Å². The van der Waals surface area contributed by atoms with Crippen LogP contribution in [0, 0.1) is 6.92 Å². The van der Waals surface area contributed by atoms with Crippen molar-refractivity contribution in [1.82, 2.24) is 19.2 Å². The number of amides is 2. The molecule has 3 heterocycles. The summed E-state index contributed by atoms with van der Waals surface area (Å²) < 4.78 is 4.10. The van der Waals surface area contributed by atoms with Gasteiger partial charge in [-0.05, 0) is 61.0 Å². The number of benzene rings is 3. The van der Waals surface area contributed by atoms with Crippen molar-refractivity contribution < 1.29 is 4.79 Å². The number of para-hydroxylation sites is 2. The van der Waals surface area contributed by atoms with Gasteiger partial charge in [-0.1, -0.05) is 60.1 Å². The lowest BCUT2D eigenvalue weighted by Crippen LogP contribution is -2.38. The zero-order chi connectivity index (χ0) is 24.6. The molecule has 2 amide bonds. The average molecular weight is 494 g/mol. The Bertz CT molecular complexity index is 1540. The van der Waals surface area contributed by atoms with Crippen LogP contribution in [0.1, 0.15) is 28.6 Å². The van der Waals surface area contributed by atoms with Gasteiger partial charge in [0.25, 0.3) is 0 Å². The third-order valence-corrected chi connectivity index (χ3v) is 6.77. The lowest BCUT2D eigenvalue weighted by Gasteiger charge is -2.31. The monoisotopic (exact) mass is 493 g/mol. The van der Waals surface area contributed by atoms with Gasteiger partial charge >= 0.3 is 6.03 Å². The maximum Gasteiger partial charge on any atom is 0.322 e. The van der Waals surface area contributed by atoms with Crippen molar-refractivity contribution in [3.8, 4) is 11.5 Å². The Balaban J connectivity index is 1.55. The summed E-state index contributed by atoms with van der Waals surface area (Å²) in [5.74, 6) is 0.931. The van der Waals surface area contributed by atoms with E-state index in [4.69, 9.17) is 16.7 Å². The number of halogens is 1. The van der Waals surface area contributed by atoms with Crippen molar-refractivity contribution in [3.05, 3.63) is 131 Å². The highest BCUT2D eigenvalue weighted by atomic mass is 35.5. The van der Waals surface area contributed by atoms with Crippen LogP contribution in [0.3, 0.4) is 0 Å². The number of aryl methyl sites for hydroxylation is 1. The van der Waals surface area contributed by atoms with Crippen molar-refractivity contribution in [2.24, 2.45) is 0 Å². The molecule has 36 heavy (non-hydrogen) atoms.